The lowest BCUT2D eigenvalue weighted by Crippen LogP contribution is -2.14. The van der Waals surface area contributed by atoms with Crippen molar-refractivity contribution in [3.63, 3.8) is 0 Å². The van der Waals surface area contributed by atoms with Crippen LogP contribution < -0.4 is 10.5 Å². The molecule has 0 saturated heterocycles. The van der Waals surface area contributed by atoms with Gasteiger partial charge in [0.1, 0.15) is 16.4 Å². The molecule has 106 valence electrons. The van der Waals surface area contributed by atoms with Crippen LogP contribution in [-0.2, 0) is 17.1 Å². The predicted octanol–water partition coefficient (Wildman–Crippen LogP) is 0.368. The van der Waals surface area contributed by atoms with Crippen LogP contribution in [0.15, 0.2) is 29.4 Å². The molecule has 0 fully saturated rings. The Labute approximate surface area is 119 Å². The highest BCUT2D eigenvalue weighted by molar-refractivity contribution is 7.92. The molecule has 0 aromatic carbocycles. The quantitative estimate of drug-likeness (QED) is 0.790. The van der Waals surface area contributed by atoms with Gasteiger partial charge in [0.25, 0.3) is 15.9 Å². The summed E-state index contributed by atoms with van der Waals surface area (Å²) >= 11 is 5.57. The van der Waals surface area contributed by atoms with E-state index in [-0.39, 0.29) is 21.7 Å². The fourth-order valence-corrected chi connectivity index (χ4v) is 2.73. The number of nitrogens with zero attached hydrogens (tertiary/aromatic N) is 3. The molecular formula is C10H10ClN5O3S. The summed E-state index contributed by atoms with van der Waals surface area (Å²) in [6.07, 6.45) is 2.58. The van der Waals surface area contributed by atoms with Gasteiger partial charge in [-0.15, -0.1) is 0 Å². The molecule has 0 bridgehead atoms. The average Bonchev–Trinajstić information content (AvgIpc) is 2.71. The van der Waals surface area contributed by atoms with Crippen molar-refractivity contribution in [2.75, 3.05) is 4.72 Å². The summed E-state index contributed by atoms with van der Waals surface area (Å²) in [6.45, 7) is 0. The number of primary amides is 1. The molecule has 10 heteroatoms. The molecule has 8 nitrogen and oxygen atoms in total. The summed E-state index contributed by atoms with van der Waals surface area (Å²) in [6, 6.07) is 2.52. The zero-order valence-electron chi connectivity index (χ0n) is 10.2. The van der Waals surface area contributed by atoms with Crippen molar-refractivity contribution in [2.45, 2.75) is 4.90 Å². The zero-order chi connectivity index (χ0) is 14.9. The van der Waals surface area contributed by atoms with Gasteiger partial charge in [0.05, 0.1) is 0 Å². The van der Waals surface area contributed by atoms with E-state index in [0.717, 1.165) is 0 Å². The van der Waals surface area contributed by atoms with Crippen LogP contribution in [0.5, 0.6) is 0 Å². The smallest absolute Gasteiger partial charge is 0.265 e. The molecule has 2 aromatic rings. The van der Waals surface area contributed by atoms with Crippen molar-refractivity contribution in [3.8, 4) is 0 Å². The molecule has 2 aromatic heterocycles. The molecule has 20 heavy (non-hydrogen) atoms. The molecule has 0 unspecified atom stereocenters. The number of hydrogen-bond acceptors (Lipinski definition) is 5. The van der Waals surface area contributed by atoms with Crippen LogP contribution in [0.1, 0.15) is 10.5 Å². The second-order valence-electron chi connectivity index (χ2n) is 3.85. The Morgan fingerprint density at radius 1 is 1.50 bits per heavy atom. The van der Waals surface area contributed by atoms with Crippen molar-refractivity contribution in [2.24, 2.45) is 12.8 Å². The SMILES string of the molecule is Cn1cc(S(=O)(=O)Nc2ccnc(Cl)n2)cc1C(N)=O. The number of anilines is 1. The third-order valence-corrected chi connectivity index (χ3v) is 3.91. The minimum Gasteiger partial charge on any atom is -0.364 e. The Balaban J connectivity index is 2.36. The highest BCUT2D eigenvalue weighted by atomic mass is 35.5. The van der Waals surface area contributed by atoms with Gasteiger partial charge in [-0.2, -0.15) is 4.98 Å². The van der Waals surface area contributed by atoms with Gasteiger partial charge >= 0.3 is 0 Å². The predicted molar refractivity (Wildman–Crippen MR) is 71.8 cm³/mol. The summed E-state index contributed by atoms with van der Waals surface area (Å²) in [7, 11) is -2.38. The maximum absolute atomic E-state index is 12.1. The molecular weight excluding hydrogens is 306 g/mol. The van der Waals surface area contributed by atoms with Crippen LogP contribution >= 0.6 is 11.6 Å². The third-order valence-electron chi connectivity index (χ3n) is 2.41. The van der Waals surface area contributed by atoms with E-state index >= 15 is 0 Å². The number of aryl methyl sites for hydroxylation is 1. The molecule has 1 amide bonds. The van der Waals surface area contributed by atoms with E-state index in [0.29, 0.717) is 0 Å². The van der Waals surface area contributed by atoms with Gasteiger partial charge in [-0.1, -0.05) is 0 Å². The molecule has 2 heterocycles. The molecule has 2 rings (SSSR count). The van der Waals surface area contributed by atoms with Crippen LogP contribution in [-0.4, -0.2) is 28.9 Å². The van der Waals surface area contributed by atoms with Crippen LogP contribution in [0.25, 0.3) is 0 Å². The molecule has 3 N–H and O–H groups in total. The molecule has 0 aliphatic carbocycles. The highest BCUT2D eigenvalue weighted by Crippen LogP contribution is 2.17. The van der Waals surface area contributed by atoms with E-state index in [9.17, 15) is 13.2 Å². The molecule has 0 aliphatic rings. The van der Waals surface area contributed by atoms with Gasteiger partial charge in [0, 0.05) is 19.4 Å². The van der Waals surface area contributed by atoms with Crippen molar-refractivity contribution < 1.29 is 13.2 Å². The molecule has 0 spiro atoms. The van der Waals surface area contributed by atoms with Crippen molar-refractivity contribution in [3.05, 3.63) is 35.5 Å². The second-order valence-corrected chi connectivity index (χ2v) is 5.87. The Morgan fingerprint density at radius 2 is 2.20 bits per heavy atom. The fourth-order valence-electron chi connectivity index (χ4n) is 1.51. The van der Waals surface area contributed by atoms with E-state index in [2.05, 4.69) is 14.7 Å². The number of carbonyl (C=O) groups excluding carboxylic acids is 1. The van der Waals surface area contributed by atoms with Crippen LogP contribution in [0, 0.1) is 0 Å². The largest absolute Gasteiger partial charge is 0.364 e. The first-order valence-electron chi connectivity index (χ1n) is 5.27. The fraction of sp³-hybridized carbons (Fsp3) is 0.100. The van der Waals surface area contributed by atoms with Crippen molar-refractivity contribution in [1.82, 2.24) is 14.5 Å². The monoisotopic (exact) mass is 315 g/mol. The number of amides is 1. The Bertz CT molecular complexity index is 771. The Hall–Kier alpha value is -2.13. The lowest BCUT2D eigenvalue weighted by atomic mass is 10.4. The molecule has 0 saturated carbocycles. The second kappa shape index (κ2) is 5.10. The average molecular weight is 316 g/mol. The number of hydrogen-bond donors (Lipinski definition) is 2. The van der Waals surface area contributed by atoms with Gasteiger partial charge < -0.3 is 10.3 Å². The first-order valence-corrected chi connectivity index (χ1v) is 7.13. The number of carbonyl (C=O) groups is 1. The lowest BCUT2D eigenvalue weighted by molar-refractivity contribution is 0.0992. The molecule has 0 aliphatic heterocycles. The maximum Gasteiger partial charge on any atom is 0.265 e. The van der Waals surface area contributed by atoms with Gasteiger partial charge in [-0.3, -0.25) is 9.52 Å². The topological polar surface area (TPSA) is 120 Å². The van der Waals surface area contributed by atoms with E-state index < -0.39 is 15.9 Å². The first-order chi connectivity index (χ1) is 9.29. The van der Waals surface area contributed by atoms with E-state index in [1.165, 1.54) is 36.1 Å². The van der Waals surface area contributed by atoms with E-state index in [1.807, 2.05) is 0 Å². The van der Waals surface area contributed by atoms with Gasteiger partial charge in [0.2, 0.25) is 5.28 Å². The number of rotatable bonds is 4. The summed E-state index contributed by atoms with van der Waals surface area (Å²) in [4.78, 5) is 18.4. The molecule has 0 radical (unpaired) electrons. The molecule has 0 atom stereocenters. The minimum atomic E-state index is -3.89. The Morgan fingerprint density at radius 3 is 2.75 bits per heavy atom. The van der Waals surface area contributed by atoms with E-state index in [1.54, 1.807) is 0 Å². The van der Waals surface area contributed by atoms with Gasteiger partial charge in [-0.25, -0.2) is 13.4 Å². The van der Waals surface area contributed by atoms with Crippen LogP contribution in [0.2, 0.25) is 5.28 Å². The summed E-state index contributed by atoms with van der Waals surface area (Å²) < 4.78 is 27.8. The summed E-state index contributed by atoms with van der Waals surface area (Å²) in [5.74, 6) is -0.700. The summed E-state index contributed by atoms with van der Waals surface area (Å²) in [5.41, 5.74) is 5.21. The van der Waals surface area contributed by atoms with E-state index in [4.69, 9.17) is 17.3 Å². The van der Waals surface area contributed by atoms with Crippen LogP contribution in [0.3, 0.4) is 0 Å². The van der Waals surface area contributed by atoms with Gasteiger partial charge in [-0.05, 0) is 23.7 Å². The summed E-state index contributed by atoms with van der Waals surface area (Å²) in [5, 5.41) is -0.0870. The minimum absolute atomic E-state index is 0.0227. The van der Waals surface area contributed by atoms with Crippen molar-refractivity contribution in [1.29, 1.82) is 0 Å². The van der Waals surface area contributed by atoms with Crippen LogP contribution in [0.4, 0.5) is 5.82 Å². The number of halogens is 1. The Kier molecular flexibility index (Phi) is 3.64. The first kappa shape index (κ1) is 14.3. The third kappa shape index (κ3) is 2.89. The number of aromatic nitrogens is 3. The highest BCUT2D eigenvalue weighted by Gasteiger charge is 2.20. The van der Waals surface area contributed by atoms with Crippen molar-refractivity contribution >= 4 is 33.3 Å². The standard InChI is InChI=1S/C10H10ClN5O3S/c1-16-5-6(4-7(16)9(12)17)20(18,19)15-8-2-3-13-10(11)14-8/h2-5H,1H3,(H2,12,17)(H,13,14,15). The number of sulfonamides is 1. The number of nitrogens with one attached hydrogen (secondary N) is 1. The number of nitrogens with two attached hydrogens (primary N) is 1. The normalized spacial score (nSPS) is 11.3. The van der Waals surface area contributed by atoms with Gasteiger partial charge in [0.15, 0.2) is 0 Å². The maximum atomic E-state index is 12.1. The lowest BCUT2D eigenvalue weighted by Gasteiger charge is -2.04. The zero-order valence-corrected chi connectivity index (χ0v) is 11.8.